The van der Waals surface area contributed by atoms with Crippen LogP contribution in [0.4, 0.5) is 0 Å². The largest absolute Gasteiger partial charge is 0.368 e. The molecular weight excluding hydrogens is 176 g/mol. The van der Waals surface area contributed by atoms with Crippen LogP contribution >= 0.6 is 0 Å². The molecule has 0 spiro atoms. The Morgan fingerprint density at radius 2 is 1.50 bits per heavy atom. The third-order valence-corrected chi connectivity index (χ3v) is 2.25. The van der Waals surface area contributed by atoms with E-state index in [1.54, 1.807) is 0 Å². The van der Waals surface area contributed by atoms with E-state index in [2.05, 4.69) is 31.2 Å². The predicted octanol–water partition coefficient (Wildman–Crippen LogP) is 1.88. The lowest BCUT2D eigenvalue weighted by molar-refractivity contribution is -0.0446. The monoisotopic (exact) mass is 194 g/mol. The van der Waals surface area contributed by atoms with E-state index in [4.69, 9.17) is 10.2 Å². The first-order valence-electron chi connectivity index (χ1n) is 5.16. The second-order valence-corrected chi connectivity index (χ2v) is 3.59. The Hall–Kier alpha value is -0.860. The molecule has 1 rings (SSSR count). The van der Waals surface area contributed by atoms with E-state index in [0.29, 0.717) is 6.42 Å². The SMILES string of the molecule is CCCc1ccc(CCC(O)O)cc1. The predicted molar refractivity (Wildman–Crippen MR) is 57.0 cm³/mol. The minimum absolute atomic E-state index is 0.410. The van der Waals surface area contributed by atoms with Crippen LogP contribution < -0.4 is 0 Å². The molecule has 0 aromatic heterocycles. The van der Waals surface area contributed by atoms with Crippen molar-refractivity contribution in [2.45, 2.75) is 38.9 Å². The molecule has 78 valence electrons. The van der Waals surface area contributed by atoms with Gasteiger partial charge in [0, 0.05) is 6.42 Å². The minimum Gasteiger partial charge on any atom is -0.368 e. The molecule has 0 heterocycles. The zero-order valence-electron chi connectivity index (χ0n) is 8.61. The first-order valence-corrected chi connectivity index (χ1v) is 5.16. The van der Waals surface area contributed by atoms with Gasteiger partial charge in [-0.1, -0.05) is 37.6 Å². The summed E-state index contributed by atoms with van der Waals surface area (Å²) >= 11 is 0. The molecule has 0 aliphatic rings. The summed E-state index contributed by atoms with van der Waals surface area (Å²) in [6.07, 6.45) is 2.22. The fourth-order valence-corrected chi connectivity index (χ4v) is 1.46. The van der Waals surface area contributed by atoms with Gasteiger partial charge in [-0.3, -0.25) is 0 Å². The van der Waals surface area contributed by atoms with E-state index in [1.807, 2.05) is 0 Å². The van der Waals surface area contributed by atoms with Crippen LogP contribution in [0.15, 0.2) is 24.3 Å². The summed E-state index contributed by atoms with van der Waals surface area (Å²) in [7, 11) is 0. The van der Waals surface area contributed by atoms with Gasteiger partial charge in [-0.05, 0) is 24.0 Å². The molecule has 0 amide bonds. The molecule has 0 saturated heterocycles. The minimum atomic E-state index is -1.19. The first-order chi connectivity index (χ1) is 6.72. The van der Waals surface area contributed by atoms with Crippen LogP contribution in [-0.2, 0) is 12.8 Å². The maximum absolute atomic E-state index is 8.71. The van der Waals surface area contributed by atoms with Crippen molar-refractivity contribution in [1.29, 1.82) is 0 Å². The Bertz CT molecular complexity index is 252. The molecule has 0 radical (unpaired) electrons. The van der Waals surface area contributed by atoms with Crippen molar-refractivity contribution in [3.63, 3.8) is 0 Å². The third kappa shape index (κ3) is 3.90. The van der Waals surface area contributed by atoms with Crippen molar-refractivity contribution in [3.05, 3.63) is 35.4 Å². The molecule has 0 aliphatic carbocycles. The van der Waals surface area contributed by atoms with Crippen molar-refractivity contribution in [2.24, 2.45) is 0 Å². The van der Waals surface area contributed by atoms with Crippen molar-refractivity contribution in [2.75, 3.05) is 0 Å². The van der Waals surface area contributed by atoms with Crippen molar-refractivity contribution < 1.29 is 10.2 Å². The summed E-state index contributed by atoms with van der Waals surface area (Å²) in [5.74, 6) is 0. The van der Waals surface area contributed by atoms with Gasteiger partial charge in [0.25, 0.3) is 0 Å². The Balaban J connectivity index is 2.46. The number of hydrogen-bond donors (Lipinski definition) is 2. The van der Waals surface area contributed by atoms with Crippen LogP contribution in [0, 0.1) is 0 Å². The van der Waals surface area contributed by atoms with Crippen LogP contribution in [-0.4, -0.2) is 16.5 Å². The summed E-state index contributed by atoms with van der Waals surface area (Å²) < 4.78 is 0. The number of rotatable bonds is 5. The van der Waals surface area contributed by atoms with Crippen LogP contribution in [0.3, 0.4) is 0 Å². The van der Waals surface area contributed by atoms with Crippen LogP contribution in [0.1, 0.15) is 30.9 Å². The van der Waals surface area contributed by atoms with Gasteiger partial charge in [-0.2, -0.15) is 0 Å². The summed E-state index contributed by atoms with van der Waals surface area (Å²) in [5, 5.41) is 17.4. The summed E-state index contributed by atoms with van der Waals surface area (Å²) in [6, 6.07) is 8.35. The van der Waals surface area contributed by atoms with Gasteiger partial charge in [0.1, 0.15) is 0 Å². The first kappa shape index (κ1) is 11.2. The molecule has 0 unspecified atom stereocenters. The normalized spacial score (nSPS) is 10.9. The highest BCUT2D eigenvalue weighted by Gasteiger charge is 1.99. The molecule has 2 heteroatoms. The van der Waals surface area contributed by atoms with E-state index in [0.717, 1.165) is 24.8 Å². The average Bonchev–Trinajstić information content (AvgIpc) is 2.17. The second-order valence-electron chi connectivity index (χ2n) is 3.59. The number of aliphatic hydroxyl groups excluding tert-OH is 1. The Labute approximate surface area is 85.2 Å². The van der Waals surface area contributed by atoms with Crippen LogP contribution in [0.2, 0.25) is 0 Å². The molecule has 0 fully saturated rings. The lowest BCUT2D eigenvalue weighted by atomic mass is 10.0. The summed E-state index contributed by atoms with van der Waals surface area (Å²) in [4.78, 5) is 0. The van der Waals surface area contributed by atoms with Crippen molar-refractivity contribution in [1.82, 2.24) is 0 Å². The van der Waals surface area contributed by atoms with Gasteiger partial charge in [-0.15, -0.1) is 0 Å². The van der Waals surface area contributed by atoms with Crippen molar-refractivity contribution >= 4 is 0 Å². The van der Waals surface area contributed by atoms with Gasteiger partial charge in [0.05, 0.1) is 0 Å². The number of aliphatic hydroxyl groups is 2. The quantitative estimate of drug-likeness (QED) is 0.703. The maximum atomic E-state index is 8.71. The Kier molecular flexibility index (Phi) is 4.63. The second kappa shape index (κ2) is 5.78. The van der Waals surface area contributed by atoms with Crippen LogP contribution in [0.5, 0.6) is 0 Å². The molecule has 0 aliphatic heterocycles. The molecule has 0 bridgehead atoms. The molecule has 0 saturated carbocycles. The fourth-order valence-electron chi connectivity index (χ4n) is 1.46. The van der Waals surface area contributed by atoms with Gasteiger partial charge in [-0.25, -0.2) is 0 Å². The highest BCUT2D eigenvalue weighted by Crippen LogP contribution is 2.09. The highest BCUT2D eigenvalue weighted by atomic mass is 16.5. The lowest BCUT2D eigenvalue weighted by Crippen LogP contribution is -2.05. The molecule has 2 N–H and O–H groups in total. The average molecular weight is 194 g/mol. The molecule has 1 aromatic carbocycles. The maximum Gasteiger partial charge on any atom is 0.151 e. The third-order valence-electron chi connectivity index (χ3n) is 2.25. The topological polar surface area (TPSA) is 40.5 Å². The number of hydrogen-bond acceptors (Lipinski definition) is 2. The van der Waals surface area contributed by atoms with Gasteiger partial charge >= 0.3 is 0 Å². The smallest absolute Gasteiger partial charge is 0.151 e. The van der Waals surface area contributed by atoms with Gasteiger partial charge in [0.15, 0.2) is 6.29 Å². The van der Waals surface area contributed by atoms with Gasteiger partial charge < -0.3 is 10.2 Å². The zero-order valence-corrected chi connectivity index (χ0v) is 8.61. The van der Waals surface area contributed by atoms with E-state index in [9.17, 15) is 0 Å². The number of benzene rings is 1. The van der Waals surface area contributed by atoms with E-state index >= 15 is 0 Å². The molecule has 14 heavy (non-hydrogen) atoms. The summed E-state index contributed by atoms with van der Waals surface area (Å²) in [6.45, 7) is 2.16. The molecule has 0 atom stereocenters. The zero-order chi connectivity index (χ0) is 10.4. The molecule has 2 nitrogen and oxygen atoms in total. The summed E-state index contributed by atoms with van der Waals surface area (Å²) in [5.41, 5.74) is 2.51. The van der Waals surface area contributed by atoms with Gasteiger partial charge in [0.2, 0.25) is 0 Å². The van der Waals surface area contributed by atoms with E-state index in [-0.39, 0.29) is 0 Å². The Morgan fingerprint density at radius 1 is 1.00 bits per heavy atom. The standard InChI is InChI=1S/C12H18O2/c1-2-3-10-4-6-11(7-5-10)8-9-12(13)14/h4-7,12-14H,2-3,8-9H2,1H3. The van der Waals surface area contributed by atoms with E-state index < -0.39 is 6.29 Å². The molecular formula is C12H18O2. The highest BCUT2D eigenvalue weighted by molar-refractivity contribution is 5.22. The Morgan fingerprint density at radius 3 is 1.93 bits per heavy atom. The van der Waals surface area contributed by atoms with Crippen LogP contribution in [0.25, 0.3) is 0 Å². The lowest BCUT2D eigenvalue weighted by Gasteiger charge is -2.04. The molecule has 1 aromatic rings. The fraction of sp³-hybridized carbons (Fsp3) is 0.500. The van der Waals surface area contributed by atoms with Crippen molar-refractivity contribution in [3.8, 4) is 0 Å². The number of aryl methyl sites for hydroxylation is 2. The van der Waals surface area contributed by atoms with E-state index in [1.165, 1.54) is 5.56 Å².